The first-order valence-electron chi connectivity index (χ1n) is 4.91. The number of carboxylic acids is 1. The van der Waals surface area contributed by atoms with Gasteiger partial charge in [0.2, 0.25) is 0 Å². The first kappa shape index (κ1) is 14.3. The Balaban J connectivity index is 2.76. The van der Waals surface area contributed by atoms with Crippen molar-refractivity contribution < 1.29 is 32.2 Å². The van der Waals surface area contributed by atoms with Gasteiger partial charge in [-0.15, -0.1) is 0 Å². The smallest absolute Gasteiger partial charge is 0.340 e. The van der Waals surface area contributed by atoms with E-state index in [1.165, 1.54) is 24.3 Å². The summed E-state index contributed by atoms with van der Waals surface area (Å²) in [6.07, 6.45) is -4.26. The molecule has 0 atom stereocenters. The van der Waals surface area contributed by atoms with Crippen LogP contribution in [0.3, 0.4) is 0 Å². The predicted octanol–water partition coefficient (Wildman–Crippen LogP) is 2.59. The molecule has 0 aliphatic rings. The number of hydrogen-bond acceptors (Lipinski definition) is 2. The molecule has 0 aromatic heterocycles. The second-order valence-corrected chi connectivity index (χ2v) is 3.53. The van der Waals surface area contributed by atoms with Crippen molar-refractivity contribution in [2.24, 2.45) is 0 Å². The van der Waals surface area contributed by atoms with Crippen LogP contribution in [0.2, 0.25) is 0 Å². The number of aliphatic carboxylic acids is 1. The highest BCUT2D eigenvalue weighted by molar-refractivity contribution is 5.71. The molecule has 1 aromatic rings. The summed E-state index contributed by atoms with van der Waals surface area (Å²) in [6.45, 7) is -1.50. The predicted molar refractivity (Wildman–Crippen MR) is 54.2 cm³/mol. The Bertz CT molecular complexity index is 421. The van der Waals surface area contributed by atoms with Gasteiger partial charge in [0.1, 0.15) is 5.75 Å². The van der Waals surface area contributed by atoms with Gasteiger partial charge < -0.3 is 9.84 Å². The minimum absolute atomic E-state index is 0.139. The molecule has 0 unspecified atom stereocenters. The van der Waals surface area contributed by atoms with E-state index in [2.05, 4.69) is 4.74 Å². The molecule has 7 heteroatoms. The molecule has 0 amide bonds. The van der Waals surface area contributed by atoms with E-state index in [-0.39, 0.29) is 11.3 Å². The van der Waals surface area contributed by atoms with Crippen molar-refractivity contribution in [3.05, 3.63) is 29.8 Å². The summed E-state index contributed by atoms with van der Waals surface area (Å²) in [5, 5.41) is 8.58. The van der Waals surface area contributed by atoms with Gasteiger partial charge in [0.25, 0.3) is 0 Å². The molecule has 0 aliphatic heterocycles. The third-order valence-corrected chi connectivity index (χ3v) is 2.05. The van der Waals surface area contributed by atoms with Crippen LogP contribution in [0.4, 0.5) is 17.6 Å². The summed E-state index contributed by atoms with van der Waals surface area (Å²) in [4.78, 5) is 10.5. The number of hydrogen-bond donors (Lipinski definition) is 1. The molecule has 0 saturated heterocycles. The molecule has 0 bridgehead atoms. The summed E-state index contributed by atoms with van der Waals surface area (Å²) >= 11 is 0. The van der Waals surface area contributed by atoms with Gasteiger partial charge in [0.05, 0.1) is 6.42 Å². The number of benzene rings is 1. The van der Waals surface area contributed by atoms with E-state index in [0.717, 1.165) is 0 Å². The normalized spacial score (nSPS) is 11.6. The number of alkyl halides is 4. The molecular weight excluding hydrogens is 256 g/mol. The lowest BCUT2D eigenvalue weighted by molar-refractivity contribution is -0.148. The average Bonchev–Trinajstić information content (AvgIpc) is 2.27. The lowest BCUT2D eigenvalue weighted by atomic mass is 10.1. The van der Waals surface area contributed by atoms with Crippen LogP contribution >= 0.6 is 0 Å². The van der Waals surface area contributed by atoms with E-state index in [0.29, 0.717) is 0 Å². The van der Waals surface area contributed by atoms with E-state index in [1.807, 2.05) is 0 Å². The number of para-hydroxylation sites is 1. The Labute approximate surface area is 100.0 Å². The molecule has 0 radical (unpaired) electrons. The van der Waals surface area contributed by atoms with Crippen LogP contribution in [-0.4, -0.2) is 30.0 Å². The van der Waals surface area contributed by atoms with Crippen LogP contribution in [0.5, 0.6) is 5.75 Å². The zero-order valence-corrected chi connectivity index (χ0v) is 9.08. The number of halogens is 4. The Hall–Kier alpha value is -1.79. The van der Waals surface area contributed by atoms with Crippen molar-refractivity contribution in [1.29, 1.82) is 0 Å². The lowest BCUT2D eigenvalue weighted by Gasteiger charge is -2.17. The molecule has 0 heterocycles. The van der Waals surface area contributed by atoms with Gasteiger partial charge in [-0.2, -0.15) is 8.78 Å². The van der Waals surface area contributed by atoms with Crippen molar-refractivity contribution in [2.75, 3.05) is 6.61 Å². The molecule has 1 aromatic carbocycles. The van der Waals surface area contributed by atoms with Gasteiger partial charge in [0.15, 0.2) is 6.61 Å². The maximum Gasteiger partial charge on any atom is 0.340 e. The van der Waals surface area contributed by atoms with E-state index in [4.69, 9.17) is 5.11 Å². The quantitative estimate of drug-likeness (QED) is 0.805. The molecule has 1 N–H and O–H groups in total. The highest BCUT2D eigenvalue weighted by Crippen LogP contribution is 2.26. The molecule has 100 valence electrons. The third-order valence-electron chi connectivity index (χ3n) is 2.05. The van der Waals surface area contributed by atoms with Gasteiger partial charge in [-0.3, -0.25) is 4.79 Å². The van der Waals surface area contributed by atoms with E-state index in [9.17, 15) is 22.4 Å². The van der Waals surface area contributed by atoms with E-state index in [1.54, 1.807) is 0 Å². The van der Waals surface area contributed by atoms with Crippen molar-refractivity contribution >= 4 is 5.97 Å². The zero-order chi connectivity index (χ0) is 13.8. The number of carbonyl (C=O) groups is 1. The fourth-order valence-electron chi connectivity index (χ4n) is 1.19. The van der Waals surface area contributed by atoms with Crippen LogP contribution in [0.25, 0.3) is 0 Å². The first-order valence-corrected chi connectivity index (χ1v) is 4.91. The van der Waals surface area contributed by atoms with Gasteiger partial charge in [-0.25, -0.2) is 8.78 Å². The molecule has 18 heavy (non-hydrogen) atoms. The number of rotatable bonds is 6. The Morgan fingerprint density at radius 2 is 1.94 bits per heavy atom. The van der Waals surface area contributed by atoms with Gasteiger partial charge in [0, 0.05) is 5.56 Å². The summed E-state index contributed by atoms with van der Waals surface area (Å²) in [7, 11) is 0. The highest BCUT2D eigenvalue weighted by atomic mass is 19.3. The second-order valence-electron chi connectivity index (χ2n) is 3.53. The lowest BCUT2D eigenvalue weighted by Crippen LogP contribution is -2.33. The Kier molecular flexibility index (Phi) is 4.52. The Morgan fingerprint density at radius 3 is 2.50 bits per heavy atom. The van der Waals surface area contributed by atoms with Crippen LogP contribution in [0, 0.1) is 0 Å². The van der Waals surface area contributed by atoms with Gasteiger partial charge in [-0.05, 0) is 6.07 Å². The minimum atomic E-state index is -4.27. The van der Waals surface area contributed by atoms with Crippen LogP contribution < -0.4 is 4.74 Å². The maximum absolute atomic E-state index is 12.6. The molecule has 0 saturated carbocycles. The second kappa shape index (κ2) is 5.70. The summed E-state index contributed by atoms with van der Waals surface area (Å²) in [6, 6.07) is 5.54. The molecule has 0 fully saturated rings. The number of carboxylic acid groups (broad SMARTS) is 1. The molecule has 1 rings (SSSR count). The van der Waals surface area contributed by atoms with Crippen molar-refractivity contribution in [2.45, 2.75) is 18.8 Å². The topological polar surface area (TPSA) is 46.5 Å². The monoisotopic (exact) mass is 266 g/mol. The largest absolute Gasteiger partial charge is 0.487 e. The summed E-state index contributed by atoms with van der Waals surface area (Å²) < 4.78 is 53.6. The molecule has 3 nitrogen and oxygen atoms in total. The van der Waals surface area contributed by atoms with Crippen molar-refractivity contribution in [1.82, 2.24) is 0 Å². The van der Waals surface area contributed by atoms with E-state index >= 15 is 0 Å². The van der Waals surface area contributed by atoms with Gasteiger partial charge >= 0.3 is 18.3 Å². The van der Waals surface area contributed by atoms with Crippen molar-refractivity contribution in [3.8, 4) is 5.75 Å². The van der Waals surface area contributed by atoms with Crippen LogP contribution in [-0.2, 0) is 11.2 Å². The van der Waals surface area contributed by atoms with Gasteiger partial charge in [-0.1, -0.05) is 18.2 Å². The SMILES string of the molecule is O=C(O)Cc1ccccc1OCC(F)(F)C(F)F. The minimum Gasteiger partial charge on any atom is -0.487 e. The zero-order valence-electron chi connectivity index (χ0n) is 9.08. The van der Waals surface area contributed by atoms with Crippen LogP contribution in [0.15, 0.2) is 24.3 Å². The first-order chi connectivity index (χ1) is 8.33. The Morgan fingerprint density at radius 1 is 1.33 bits per heavy atom. The van der Waals surface area contributed by atoms with Crippen molar-refractivity contribution in [3.63, 3.8) is 0 Å². The molecule has 0 spiro atoms. The van der Waals surface area contributed by atoms with E-state index < -0.39 is 31.3 Å². The summed E-state index contributed by atoms with van der Waals surface area (Å²) in [5.74, 6) is -5.58. The fourth-order valence-corrected chi connectivity index (χ4v) is 1.19. The standard InChI is InChI=1S/C11H10F4O3/c12-10(13)11(14,15)6-18-8-4-2-1-3-7(8)5-9(16)17/h1-4,10H,5-6H2,(H,16,17). The molecular formula is C11H10F4O3. The third kappa shape index (κ3) is 3.90. The average molecular weight is 266 g/mol. The maximum atomic E-state index is 12.6. The van der Waals surface area contributed by atoms with Crippen LogP contribution in [0.1, 0.15) is 5.56 Å². The number of ether oxygens (including phenoxy) is 1. The highest BCUT2D eigenvalue weighted by Gasteiger charge is 2.41. The molecule has 0 aliphatic carbocycles. The fraction of sp³-hybridized carbons (Fsp3) is 0.364. The summed E-state index contributed by atoms with van der Waals surface area (Å²) in [5.41, 5.74) is 0.148.